The van der Waals surface area contributed by atoms with Crippen molar-refractivity contribution in [1.29, 1.82) is 0 Å². The molecule has 8 heteroatoms. The Labute approximate surface area is 161 Å². The second-order valence-electron chi connectivity index (χ2n) is 5.70. The fourth-order valence-electron chi connectivity index (χ4n) is 2.38. The smallest absolute Gasteiger partial charge is 0.338 e. The number of methoxy groups -OCH3 is 1. The number of carboxylic acid groups (broad SMARTS) is 1. The highest BCUT2D eigenvalue weighted by molar-refractivity contribution is 5.86. The summed E-state index contributed by atoms with van der Waals surface area (Å²) < 4.78 is 16.6. The Bertz CT molecular complexity index is 943. The number of nitrogens with zero attached hydrogens (tertiary/aromatic N) is 3. The summed E-state index contributed by atoms with van der Waals surface area (Å²) in [5, 5.41) is 8.94. The molecule has 2 aromatic heterocycles. The Hall–Kier alpha value is -3.68. The van der Waals surface area contributed by atoms with Crippen LogP contribution in [-0.2, 0) is 6.61 Å². The van der Waals surface area contributed by atoms with E-state index in [4.69, 9.17) is 19.3 Å². The first-order valence-corrected chi connectivity index (χ1v) is 8.55. The third-order valence-corrected chi connectivity index (χ3v) is 3.81. The fraction of sp³-hybridized carbons (Fsp3) is 0.200. The van der Waals surface area contributed by atoms with Crippen molar-refractivity contribution in [3.63, 3.8) is 0 Å². The molecule has 0 radical (unpaired) electrons. The number of hydrogen-bond acceptors (Lipinski definition) is 7. The minimum absolute atomic E-state index is 0.0150. The number of aromatic carboxylic acids is 1. The standard InChI is InChI=1S/C20H19N3O5/c1-3-27-17-8-14(18-21-10-15(11-22-18)20(24)25)9-23-19(17)28-12-13-4-6-16(26-2)7-5-13/h4-11H,3,12H2,1-2H3,(H,24,25). The van der Waals surface area contributed by atoms with Crippen molar-refractivity contribution >= 4 is 5.97 Å². The predicted molar refractivity (Wildman–Crippen MR) is 101 cm³/mol. The lowest BCUT2D eigenvalue weighted by molar-refractivity contribution is 0.0696. The lowest BCUT2D eigenvalue weighted by Gasteiger charge is -2.12. The zero-order valence-corrected chi connectivity index (χ0v) is 15.5. The summed E-state index contributed by atoms with van der Waals surface area (Å²) in [6, 6.07) is 9.25. The van der Waals surface area contributed by atoms with E-state index in [9.17, 15) is 4.79 Å². The van der Waals surface area contributed by atoms with Gasteiger partial charge in [0.2, 0.25) is 0 Å². The number of ether oxygens (including phenoxy) is 3. The highest BCUT2D eigenvalue weighted by Gasteiger charge is 2.12. The van der Waals surface area contributed by atoms with Crippen LogP contribution in [0.15, 0.2) is 48.9 Å². The Balaban J connectivity index is 1.78. The number of carboxylic acids is 1. The maximum Gasteiger partial charge on any atom is 0.338 e. The highest BCUT2D eigenvalue weighted by atomic mass is 16.5. The van der Waals surface area contributed by atoms with Gasteiger partial charge < -0.3 is 19.3 Å². The quantitative estimate of drug-likeness (QED) is 0.634. The Morgan fingerprint density at radius 2 is 1.75 bits per heavy atom. The molecule has 3 rings (SSSR count). The molecular formula is C20H19N3O5. The van der Waals surface area contributed by atoms with Gasteiger partial charge in [0.15, 0.2) is 11.6 Å². The first kappa shape index (κ1) is 19.1. The van der Waals surface area contributed by atoms with E-state index in [-0.39, 0.29) is 5.56 Å². The van der Waals surface area contributed by atoms with E-state index in [0.717, 1.165) is 11.3 Å². The number of hydrogen-bond donors (Lipinski definition) is 1. The van der Waals surface area contributed by atoms with E-state index in [1.54, 1.807) is 19.4 Å². The van der Waals surface area contributed by atoms with Gasteiger partial charge in [0.05, 0.1) is 19.3 Å². The van der Waals surface area contributed by atoms with Crippen LogP contribution in [0.4, 0.5) is 0 Å². The zero-order chi connectivity index (χ0) is 19.9. The van der Waals surface area contributed by atoms with Crippen molar-refractivity contribution in [2.45, 2.75) is 13.5 Å². The van der Waals surface area contributed by atoms with Gasteiger partial charge in [-0.15, -0.1) is 0 Å². The van der Waals surface area contributed by atoms with Crippen LogP contribution in [-0.4, -0.2) is 39.7 Å². The largest absolute Gasteiger partial charge is 0.497 e. The van der Waals surface area contributed by atoms with E-state index in [1.807, 2.05) is 31.2 Å². The van der Waals surface area contributed by atoms with E-state index in [1.165, 1.54) is 12.4 Å². The number of rotatable bonds is 8. The molecule has 0 saturated carbocycles. The maximum absolute atomic E-state index is 10.9. The van der Waals surface area contributed by atoms with Crippen LogP contribution in [0.2, 0.25) is 0 Å². The zero-order valence-electron chi connectivity index (χ0n) is 15.5. The molecule has 0 fully saturated rings. The lowest BCUT2D eigenvalue weighted by Crippen LogP contribution is -2.03. The first-order chi connectivity index (χ1) is 13.6. The molecule has 0 aliphatic carbocycles. The van der Waals surface area contributed by atoms with Crippen molar-refractivity contribution in [3.05, 3.63) is 60.0 Å². The minimum atomic E-state index is -1.08. The molecule has 0 unspecified atom stereocenters. The molecule has 28 heavy (non-hydrogen) atoms. The SMILES string of the molecule is CCOc1cc(-c2ncc(C(=O)O)cn2)cnc1OCc1ccc(OC)cc1. The van der Waals surface area contributed by atoms with Gasteiger partial charge in [0.25, 0.3) is 5.88 Å². The van der Waals surface area contributed by atoms with Crippen molar-refractivity contribution in [2.24, 2.45) is 0 Å². The molecule has 144 valence electrons. The molecule has 8 nitrogen and oxygen atoms in total. The molecule has 2 heterocycles. The van der Waals surface area contributed by atoms with Crippen molar-refractivity contribution < 1.29 is 24.1 Å². The van der Waals surface area contributed by atoms with Gasteiger partial charge in [-0.3, -0.25) is 0 Å². The predicted octanol–water partition coefficient (Wildman–Crippen LogP) is 3.22. The Morgan fingerprint density at radius 3 is 2.36 bits per heavy atom. The number of benzene rings is 1. The molecule has 0 atom stereocenters. The monoisotopic (exact) mass is 381 g/mol. The minimum Gasteiger partial charge on any atom is -0.497 e. The van der Waals surface area contributed by atoms with Crippen LogP contribution in [0.1, 0.15) is 22.8 Å². The van der Waals surface area contributed by atoms with Crippen LogP contribution in [0, 0.1) is 0 Å². The van der Waals surface area contributed by atoms with E-state index in [2.05, 4.69) is 15.0 Å². The Kier molecular flexibility index (Phi) is 6.01. The summed E-state index contributed by atoms with van der Waals surface area (Å²) in [6.07, 6.45) is 4.06. The number of aromatic nitrogens is 3. The van der Waals surface area contributed by atoms with Crippen molar-refractivity contribution in [2.75, 3.05) is 13.7 Å². The summed E-state index contributed by atoms with van der Waals surface area (Å²) in [5.41, 5.74) is 1.57. The second kappa shape index (κ2) is 8.81. The molecule has 0 bridgehead atoms. The Morgan fingerprint density at radius 1 is 1.04 bits per heavy atom. The van der Waals surface area contributed by atoms with Crippen molar-refractivity contribution in [1.82, 2.24) is 15.0 Å². The molecule has 1 aromatic carbocycles. The summed E-state index contributed by atoms with van der Waals surface area (Å²) in [5.74, 6) is 0.847. The molecule has 0 aliphatic heterocycles. The number of carbonyl (C=O) groups is 1. The molecule has 0 spiro atoms. The molecule has 0 saturated heterocycles. The second-order valence-corrected chi connectivity index (χ2v) is 5.70. The lowest BCUT2D eigenvalue weighted by atomic mass is 10.2. The van der Waals surface area contributed by atoms with E-state index in [0.29, 0.717) is 36.2 Å². The third kappa shape index (κ3) is 4.53. The van der Waals surface area contributed by atoms with Gasteiger partial charge in [-0.2, -0.15) is 0 Å². The molecule has 0 aliphatic rings. The number of pyridine rings is 1. The summed E-state index contributed by atoms with van der Waals surface area (Å²) in [6.45, 7) is 2.61. The van der Waals surface area contributed by atoms with Gasteiger partial charge >= 0.3 is 5.97 Å². The first-order valence-electron chi connectivity index (χ1n) is 8.55. The third-order valence-electron chi connectivity index (χ3n) is 3.81. The average molecular weight is 381 g/mol. The van der Waals surface area contributed by atoms with E-state index >= 15 is 0 Å². The van der Waals surface area contributed by atoms with Crippen molar-refractivity contribution in [3.8, 4) is 28.8 Å². The molecule has 1 N–H and O–H groups in total. The molecular weight excluding hydrogens is 362 g/mol. The van der Waals surface area contributed by atoms with Gasteiger partial charge in [-0.1, -0.05) is 12.1 Å². The topological polar surface area (TPSA) is 104 Å². The van der Waals surface area contributed by atoms with Gasteiger partial charge in [-0.05, 0) is 30.7 Å². The molecule has 3 aromatic rings. The van der Waals surface area contributed by atoms with E-state index < -0.39 is 5.97 Å². The molecule has 0 amide bonds. The van der Waals surface area contributed by atoms with Gasteiger partial charge in [-0.25, -0.2) is 19.7 Å². The normalized spacial score (nSPS) is 10.4. The van der Waals surface area contributed by atoms with Gasteiger partial charge in [0, 0.05) is 24.2 Å². The van der Waals surface area contributed by atoms with Crippen LogP contribution in [0.3, 0.4) is 0 Å². The summed E-state index contributed by atoms with van der Waals surface area (Å²) in [7, 11) is 1.62. The fourth-order valence-corrected chi connectivity index (χ4v) is 2.38. The highest BCUT2D eigenvalue weighted by Crippen LogP contribution is 2.29. The summed E-state index contributed by atoms with van der Waals surface area (Å²) in [4.78, 5) is 23.4. The summed E-state index contributed by atoms with van der Waals surface area (Å²) >= 11 is 0. The van der Waals surface area contributed by atoms with Crippen LogP contribution < -0.4 is 14.2 Å². The maximum atomic E-state index is 10.9. The average Bonchev–Trinajstić information content (AvgIpc) is 2.73. The van der Waals surface area contributed by atoms with Crippen LogP contribution >= 0.6 is 0 Å². The van der Waals surface area contributed by atoms with Crippen LogP contribution in [0.5, 0.6) is 17.4 Å². The van der Waals surface area contributed by atoms with Gasteiger partial charge in [0.1, 0.15) is 12.4 Å². The van der Waals surface area contributed by atoms with Crippen LogP contribution in [0.25, 0.3) is 11.4 Å².